The minimum atomic E-state index is -0.303. The van der Waals surface area contributed by atoms with Crippen LogP contribution >= 0.6 is 23.2 Å². The minimum absolute atomic E-state index is 0.0328. The summed E-state index contributed by atoms with van der Waals surface area (Å²) in [7, 11) is 0. The highest BCUT2D eigenvalue weighted by Crippen LogP contribution is 2.25. The van der Waals surface area contributed by atoms with Gasteiger partial charge < -0.3 is 10.2 Å². The van der Waals surface area contributed by atoms with Gasteiger partial charge in [-0.2, -0.15) is 5.10 Å². The van der Waals surface area contributed by atoms with Gasteiger partial charge in [0.2, 0.25) is 11.8 Å². The lowest BCUT2D eigenvalue weighted by Gasteiger charge is -2.21. The zero-order valence-corrected chi connectivity index (χ0v) is 18.7. The van der Waals surface area contributed by atoms with Crippen LogP contribution in [0.1, 0.15) is 25.3 Å². The van der Waals surface area contributed by atoms with Crippen LogP contribution in [0.15, 0.2) is 60.9 Å². The normalized spacial score (nSPS) is 10.7. The van der Waals surface area contributed by atoms with Crippen LogP contribution < -0.4 is 5.32 Å². The van der Waals surface area contributed by atoms with Gasteiger partial charge in [-0.1, -0.05) is 48.3 Å². The number of carbonyl (C=O) groups is 2. The zero-order chi connectivity index (χ0) is 22.2. The highest BCUT2D eigenvalue weighted by Gasteiger charge is 2.17. The van der Waals surface area contributed by atoms with E-state index in [-0.39, 0.29) is 18.4 Å². The first kappa shape index (κ1) is 22.8. The molecule has 3 aromatic rings. The summed E-state index contributed by atoms with van der Waals surface area (Å²) in [6, 6.07) is 14.6. The quantitative estimate of drug-likeness (QED) is 0.490. The summed E-state index contributed by atoms with van der Waals surface area (Å²) in [6.45, 7) is 2.44. The topological polar surface area (TPSA) is 67.2 Å². The lowest BCUT2D eigenvalue weighted by atomic mass is 10.2. The van der Waals surface area contributed by atoms with Crippen LogP contribution in [-0.2, 0) is 16.0 Å². The first-order valence-electron chi connectivity index (χ1n) is 10.1. The Balaban J connectivity index is 1.56. The maximum atomic E-state index is 12.8. The molecule has 0 aliphatic heterocycles. The van der Waals surface area contributed by atoms with Crippen molar-refractivity contribution in [3.63, 3.8) is 0 Å². The lowest BCUT2D eigenvalue weighted by molar-refractivity contribution is -0.134. The summed E-state index contributed by atoms with van der Waals surface area (Å²) in [5.74, 6) is -0.380. The maximum absolute atomic E-state index is 12.8. The molecule has 2 amide bonds. The molecule has 0 unspecified atom stereocenters. The summed E-state index contributed by atoms with van der Waals surface area (Å²) < 4.78 is 1.78. The van der Waals surface area contributed by atoms with Gasteiger partial charge in [0, 0.05) is 24.2 Å². The molecule has 0 fully saturated rings. The van der Waals surface area contributed by atoms with Crippen LogP contribution in [0.4, 0.5) is 5.69 Å². The van der Waals surface area contributed by atoms with Gasteiger partial charge in [-0.3, -0.25) is 9.59 Å². The van der Waals surface area contributed by atoms with Crippen molar-refractivity contribution in [2.75, 3.05) is 18.4 Å². The Morgan fingerprint density at radius 3 is 2.61 bits per heavy atom. The number of rotatable bonds is 9. The van der Waals surface area contributed by atoms with Crippen molar-refractivity contribution in [1.29, 1.82) is 0 Å². The van der Waals surface area contributed by atoms with Gasteiger partial charge in [-0.15, -0.1) is 0 Å². The molecule has 0 atom stereocenters. The second-order valence-electron chi connectivity index (χ2n) is 7.12. The predicted molar refractivity (Wildman–Crippen MR) is 124 cm³/mol. The van der Waals surface area contributed by atoms with Gasteiger partial charge in [0.25, 0.3) is 0 Å². The Labute approximate surface area is 191 Å². The van der Waals surface area contributed by atoms with Gasteiger partial charge in [0.1, 0.15) is 0 Å². The SMILES string of the molecule is CCCN(CC(=O)Nc1ccc(Cl)cc1Cl)C(=O)CCc1cnn(-c2ccccc2)c1. The van der Waals surface area contributed by atoms with Gasteiger partial charge in [-0.05, 0) is 48.7 Å². The molecule has 162 valence electrons. The number of hydrogen-bond acceptors (Lipinski definition) is 3. The summed E-state index contributed by atoms with van der Waals surface area (Å²) >= 11 is 12.0. The molecule has 0 aliphatic carbocycles. The molecule has 0 bridgehead atoms. The van der Waals surface area contributed by atoms with Gasteiger partial charge in [-0.25, -0.2) is 4.68 Å². The average molecular weight is 459 g/mol. The third-order valence-corrected chi connectivity index (χ3v) is 5.22. The molecule has 0 radical (unpaired) electrons. The fraction of sp³-hybridized carbons (Fsp3) is 0.261. The Bertz CT molecular complexity index is 1040. The molecule has 0 saturated heterocycles. The third kappa shape index (κ3) is 6.57. The standard InChI is InChI=1S/C23H24Cl2N4O2/c1-2-12-28(16-22(30)27-21-10-9-18(24)13-20(21)25)23(31)11-8-17-14-26-29(15-17)19-6-4-3-5-7-19/h3-7,9-10,13-15H,2,8,11-12,16H2,1H3,(H,27,30). The summed E-state index contributed by atoms with van der Waals surface area (Å²) in [4.78, 5) is 26.8. The summed E-state index contributed by atoms with van der Waals surface area (Å²) in [6.07, 6.45) is 5.29. The van der Waals surface area contributed by atoms with Crippen molar-refractivity contribution in [1.82, 2.24) is 14.7 Å². The number of aryl methyl sites for hydroxylation is 1. The molecule has 2 aromatic carbocycles. The molecule has 0 saturated carbocycles. The fourth-order valence-electron chi connectivity index (χ4n) is 3.14. The number of hydrogen-bond donors (Lipinski definition) is 1. The molecule has 1 N–H and O–H groups in total. The van der Waals surface area contributed by atoms with E-state index in [4.69, 9.17) is 23.2 Å². The van der Waals surface area contributed by atoms with Crippen LogP contribution in [0.25, 0.3) is 5.69 Å². The summed E-state index contributed by atoms with van der Waals surface area (Å²) in [5, 5.41) is 7.94. The smallest absolute Gasteiger partial charge is 0.244 e. The largest absolute Gasteiger partial charge is 0.333 e. The number of amides is 2. The molecule has 31 heavy (non-hydrogen) atoms. The molecule has 3 rings (SSSR count). The molecule has 1 heterocycles. The predicted octanol–water partition coefficient (Wildman–Crippen LogP) is 4.99. The van der Waals surface area contributed by atoms with E-state index in [1.807, 2.05) is 43.5 Å². The number of aromatic nitrogens is 2. The lowest BCUT2D eigenvalue weighted by Crippen LogP contribution is -2.38. The third-order valence-electron chi connectivity index (χ3n) is 4.67. The fourth-order valence-corrected chi connectivity index (χ4v) is 3.59. The molecule has 0 aliphatic rings. The van der Waals surface area contributed by atoms with Gasteiger partial charge in [0.05, 0.1) is 29.1 Å². The van der Waals surface area contributed by atoms with E-state index in [0.717, 1.165) is 17.7 Å². The van der Waals surface area contributed by atoms with E-state index < -0.39 is 0 Å². The van der Waals surface area contributed by atoms with Gasteiger partial charge >= 0.3 is 0 Å². The van der Waals surface area contributed by atoms with E-state index in [0.29, 0.717) is 35.1 Å². The van der Waals surface area contributed by atoms with Gasteiger partial charge in [0.15, 0.2) is 0 Å². The number of anilines is 1. The van der Waals surface area contributed by atoms with E-state index in [1.165, 1.54) is 0 Å². The second-order valence-corrected chi connectivity index (χ2v) is 7.96. The van der Waals surface area contributed by atoms with Crippen molar-refractivity contribution in [3.05, 3.63) is 76.5 Å². The first-order chi connectivity index (χ1) is 15.0. The molecule has 1 aromatic heterocycles. The number of benzene rings is 2. The van der Waals surface area contributed by atoms with Crippen LogP contribution in [0.5, 0.6) is 0 Å². The highest BCUT2D eigenvalue weighted by atomic mass is 35.5. The maximum Gasteiger partial charge on any atom is 0.244 e. The van der Waals surface area contributed by atoms with E-state index in [1.54, 1.807) is 34.0 Å². The van der Waals surface area contributed by atoms with Crippen LogP contribution in [0.3, 0.4) is 0 Å². The van der Waals surface area contributed by atoms with Crippen molar-refractivity contribution in [2.24, 2.45) is 0 Å². The minimum Gasteiger partial charge on any atom is -0.333 e. The number of carbonyl (C=O) groups excluding carboxylic acids is 2. The Morgan fingerprint density at radius 2 is 1.90 bits per heavy atom. The molecule has 0 spiro atoms. The van der Waals surface area contributed by atoms with E-state index >= 15 is 0 Å². The van der Waals surface area contributed by atoms with Crippen molar-refractivity contribution in [2.45, 2.75) is 26.2 Å². The monoisotopic (exact) mass is 458 g/mol. The van der Waals surface area contributed by atoms with Crippen molar-refractivity contribution in [3.8, 4) is 5.69 Å². The number of para-hydroxylation sites is 1. The summed E-state index contributed by atoms with van der Waals surface area (Å²) in [5.41, 5.74) is 2.39. The van der Waals surface area contributed by atoms with E-state index in [2.05, 4.69) is 10.4 Å². The van der Waals surface area contributed by atoms with Crippen molar-refractivity contribution >= 4 is 40.7 Å². The second kappa shape index (κ2) is 11.0. The molecular formula is C23H24Cl2N4O2. The zero-order valence-electron chi connectivity index (χ0n) is 17.2. The number of halogens is 2. The van der Waals surface area contributed by atoms with Crippen LogP contribution in [-0.4, -0.2) is 39.6 Å². The molecule has 6 nitrogen and oxygen atoms in total. The van der Waals surface area contributed by atoms with Crippen LogP contribution in [0.2, 0.25) is 10.0 Å². The Kier molecular flexibility index (Phi) is 8.09. The molecule has 8 heteroatoms. The van der Waals surface area contributed by atoms with Crippen molar-refractivity contribution < 1.29 is 9.59 Å². The average Bonchev–Trinajstić information content (AvgIpc) is 3.23. The van der Waals surface area contributed by atoms with E-state index in [9.17, 15) is 9.59 Å². The first-order valence-corrected chi connectivity index (χ1v) is 10.8. The number of nitrogens with one attached hydrogen (secondary N) is 1. The number of nitrogens with zero attached hydrogens (tertiary/aromatic N) is 3. The Hall–Kier alpha value is -2.83. The highest BCUT2D eigenvalue weighted by molar-refractivity contribution is 6.36. The Morgan fingerprint density at radius 1 is 1.13 bits per heavy atom. The van der Waals surface area contributed by atoms with Crippen LogP contribution in [0, 0.1) is 0 Å². The molecular weight excluding hydrogens is 435 g/mol.